The van der Waals surface area contributed by atoms with Crippen LogP contribution in [0.15, 0.2) is 66.7 Å². The molecule has 0 bridgehead atoms. The Bertz CT molecular complexity index is 2520. The Hall–Kier alpha value is -5.24. The third kappa shape index (κ3) is 9.23. The highest BCUT2D eigenvalue weighted by Crippen LogP contribution is 2.41. The van der Waals surface area contributed by atoms with Crippen molar-refractivity contribution in [3.63, 3.8) is 0 Å². The van der Waals surface area contributed by atoms with E-state index in [-0.39, 0.29) is 91.3 Å². The summed E-state index contributed by atoms with van der Waals surface area (Å²) in [6.07, 6.45) is 0.202. The van der Waals surface area contributed by atoms with Crippen LogP contribution >= 0.6 is 0 Å². The monoisotopic (exact) mass is 866 g/mol. The lowest BCUT2D eigenvalue weighted by molar-refractivity contribution is -1.06. The van der Waals surface area contributed by atoms with Gasteiger partial charge in [0.15, 0.2) is 0 Å². The number of nitrogens with zero attached hydrogens (tertiary/aromatic N) is 3. The lowest BCUT2D eigenvalue weighted by atomic mass is 9.86. The number of ether oxygens (including phenoxy) is 2. The van der Waals surface area contributed by atoms with Gasteiger partial charge in [0.2, 0.25) is 0 Å². The van der Waals surface area contributed by atoms with Crippen molar-refractivity contribution in [2.75, 3.05) is 69.9 Å². The summed E-state index contributed by atoms with van der Waals surface area (Å²) < 4.78 is 73.8. The summed E-state index contributed by atoms with van der Waals surface area (Å²) in [7, 11) is -4.38. The van der Waals surface area contributed by atoms with E-state index in [1.165, 1.54) is 24.3 Å². The number of anilines is 1. The molecule has 0 aromatic heterocycles. The molecule has 0 aliphatic carbocycles. The molecule has 1 N–H and O–H groups in total. The largest absolute Gasteiger partial charge is 0.494 e. The van der Waals surface area contributed by atoms with Gasteiger partial charge in [0.1, 0.15) is 37.7 Å². The molecule has 0 atom stereocenters. The summed E-state index contributed by atoms with van der Waals surface area (Å²) >= 11 is 0. The maximum absolute atomic E-state index is 14.3. The van der Waals surface area contributed by atoms with Gasteiger partial charge in [-0.15, -0.1) is 0 Å². The SMILES string of the molecule is CC[N+](C)(CC)OS(=O)(=O)CCCOc1cccc(-c2ccc(N3C(=O)c4ccc5c6c(ccc(c46)C3=O)C(=O)NC5=O)c(OCCCS(=O)(=O)O[N+](C)(CC)CC)c2)c1. The van der Waals surface area contributed by atoms with Gasteiger partial charge in [0.25, 0.3) is 23.6 Å². The van der Waals surface area contributed by atoms with Crippen molar-refractivity contribution >= 4 is 60.3 Å². The number of benzene rings is 4. The summed E-state index contributed by atoms with van der Waals surface area (Å²) in [5.74, 6) is -2.72. The summed E-state index contributed by atoms with van der Waals surface area (Å²) in [5, 5.41) is 2.71. The van der Waals surface area contributed by atoms with E-state index in [1.807, 2.05) is 33.8 Å². The molecule has 0 spiro atoms. The molecule has 2 heterocycles. The smallest absolute Gasteiger partial charge is 0.314 e. The Morgan fingerprint density at radius 2 is 1.05 bits per heavy atom. The summed E-state index contributed by atoms with van der Waals surface area (Å²) in [4.78, 5) is 55.0. The van der Waals surface area contributed by atoms with Crippen LogP contribution in [-0.2, 0) is 28.8 Å². The van der Waals surface area contributed by atoms with Crippen LogP contribution < -0.4 is 19.7 Å². The number of hydrogen-bond donors (Lipinski definition) is 1. The summed E-state index contributed by atoms with van der Waals surface area (Å²) in [6, 6.07) is 17.7. The van der Waals surface area contributed by atoms with Crippen LogP contribution in [0.4, 0.5) is 5.69 Å². The molecular formula is C42H50N4O12S2+2. The van der Waals surface area contributed by atoms with E-state index in [2.05, 4.69) is 5.32 Å². The molecule has 320 valence electrons. The van der Waals surface area contributed by atoms with E-state index >= 15 is 0 Å². The van der Waals surface area contributed by atoms with Gasteiger partial charge in [-0.25, -0.2) is 4.90 Å². The van der Waals surface area contributed by atoms with E-state index in [4.69, 9.17) is 18.0 Å². The van der Waals surface area contributed by atoms with Crippen LogP contribution in [0.3, 0.4) is 0 Å². The third-order valence-corrected chi connectivity index (χ3v) is 13.7. The molecule has 0 unspecified atom stereocenters. The van der Waals surface area contributed by atoms with Crippen molar-refractivity contribution in [2.24, 2.45) is 0 Å². The molecule has 4 aromatic carbocycles. The third-order valence-electron chi connectivity index (χ3n) is 11.0. The molecule has 18 heteroatoms. The highest BCUT2D eigenvalue weighted by atomic mass is 32.2. The number of hydrogen-bond acceptors (Lipinski definition) is 12. The average molecular weight is 867 g/mol. The van der Waals surface area contributed by atoms with Crippen LogP contribution in [0.25, 0.3) is 21.9 Å². The number of carbonyl (C=O) groups excluding carboxylic acids is 4. The van der Waals surface area contributed by atoms with Crippen molar-refractivity contribution < 1.29 is 63.3 Å². The second kappa shape index (κ2) is 17.4. The molecule has 0 fully saturated rings. The second-order valence-electron chi connectivity index (χ2n) is 14.9. The first-order valence-electron chi connectivity index (χ1n) is 19.8. The molecule has 4 aromatic rings. The highest BCUT2D eigenvalue weighted by Gasteiger charge is 2.39. The first kappa shape index (κ1) is 44.3. The zero-order chi connectivity index (χ0) is 43.6. The van der Waals surface area contributed by atoms with Crippen molar-refractivity contribution in [1.82, 2.24) is 5.32 Å². The lowest BCUT2D eigenvalue weighted by Crippen LogP contribution is -2.45. The van der Waals surface area contributed by atoms with E-state index in [1.54, 1.807) is 50.5 Å². The molecule has 6 rings (SSSR count). The quantitative estimate of drug-likeness (QED) is 0.0529. The van der Waals surface area contributed by atoms with E-state index in [9.17, 15) is 36.0 Å². The van der Waals surface area contributed by atoms with Gasteiger partial charge in [0, 0.05) is 33.0 Å². The fraction of sp³-hybridized carbons (Fsp3) is 0.381. The van der Waals surface area contributed by atoms with E-state index in [0.29, 0.717) is 43.1 Å². The average Bonchev–Trinajstić information content (AvgIpc) is 3.22. The minimum absolute atomic E-state index is 0.0182. The normalized spacial score (nSPS) is 14.5. The Morgan fingerprint density at radius 3 is 1.57 bits per heavy atom. The predicted molar refractivity (Wildman–Crippen MR) is 223 cm³/mol. The van der Waals surface area contributed by atoms with Crippen LogP contribution in [0.2, 0.25) is 0 Å². The summed E-state index contributed by atoms with van der Waals surface area (Å²) in [5.41, 5.74) is 1.88. The molecule has 0 saturated carbocycles. The van der Waals surface area contributed by atoms with E-state index in [0.717, 1.165) is 4.90 Å². The van der Waals surface area contributed by atoms with Gasteiger partial charge in [-0.2, -0.15) is 26.1 Å². The number of rotatable bonds is 20. The first-order chi connectivity index (χ1) is 28.4. The van der Waals surface area contributed by atoms with Crippen LogP contribution in [0.5, 0.6) is 11.5 Å². The number of quaternary nitrogens is 2. The fourth-order valence-corrected chi connectivity index (χ4v) is 9.51. The zero-order valence-corrected chi connectivity index (χ0v) is 36.1. The van der Waals surface area contributed by atoms with Crippen molar-refractivity contribution in [2.45, 2.75) is 40.5 Å². The Balaban J connectivity index is 1.28. The van der Waals surface area contributed by atoms with Gasteiger partial charge in [-0.1, -0.05) is 26.8 Å². The minimum Gasteiger partial charge on any atom is -0.494 e. The lowest BCUT2D eigenvalue weighted by Gasteiger charge is -2.30. The number of hydroxylamine groups is 6. The van der Waals surface area contributed by atoms with Gasteiger partial charge in [-0.05, 0) is 100 Å². The van der Waals surface area contributed by atoms with E-state index < -0.39 is 43.9 Å². The standard InChI is InChI=1S/C42H49N4O12S2/c1-7-45(5,8-2)57-59(51,52)24-12-22-55-30-15-11-14-28(26-30)29-16-21-35(36(27-29)56-23-13-25-60(53,54)58-46(6,9-3)10-4)44-41(49)33-19-17-31-37-32(40(48)43-39(31)47)18-20-34(38(33)37)42(44)50/h11,14-21,26-27H,7-10,12-13,22-25H2,1-6H3/q+1/p+1. The van der Waals surface area contributed by atoms with Crippen LogP contribution in [-0.4, -0.2) is 115 Å². The van der Waals surface area contributed by atoms with Gasteiger partial charge >= 0.3 is 20.2 Å². The number of amides is 4. The number of carbonyl (C=O) groups is 4. The Morgan fingerprint density at radius 1 is 0.583 bits per heavy atom. The highest BCUT2D eigenvalue weighted by molar-refractivity contribution is 7.86. The first-order valence-corrected chi connectivity index (χ1v) is 22.9. The molecule has 2 aliphatic rings. The number of nitrogens with one attached hydrogen (secondary N) is 1. The maximum Gasteiger partial charge on any atom is 0.314 e. The number of imide groups is 2. The molecular weight excluding hydrogens is 817 g/mol. The Labute approximate surface area is 349 Å². The fourth-order valence-electron chi connectivity index (χ4n) is 6.90. The van der Waals surface area contributed by atoms with Crippen LogP contribution in [0, 0.1) is 0 Å². The van der Waals surface area contributed by atoms with Gasteiger partial charge in [0.05, 0.1) is 44.5 Å². The molecule has 0 saturated heterocycles. The zero-order valence-electron chi connectivity index (χ0n) is 34.5. The molecule has 60 heavy (non-hydrogen) atoms. The minimum atomic E-state index is -3.95. The molecule has 0 radical (unpaired) electrons. The topological polar surface area (TPSA) is 189 Å². The second-order valence-corrected chi connectivity index (χ2v) is 18.3. The molecule has 4 amide bonds. The molecule has 2 aliphatic heterocycles. The van der Waals surface area contributed by atoms with Crippen molar-refractivity contribution in [1.29, 1.82) is 0 Å². The molecule has 16 nitrogen and oxygen atoms in total. The van der Waals surface area contributed by atoms with Crippen LogP contribution in [0.1, 0.15) is 82.0 Å². The van der Waals surface area contributed by atoms with Gasteiger partial charge in [-0.3, -0.25) is 24.5 Å². The van der Waals surface area contributed by atoms with Gasteiger partial charge < -0.3 is 9.47 Å². The van der Waals surface area contributed by atoms with Crippen molar-refractivity contribution in [3.05, 3.63) is 89.0 Å². The summed E-state index contributed by atoms with van der Waals surface area (Å²) in [6.45, 7) is 9.15. The maximum atomic E-state index is 14.3. The predicted octanol–water partition coefficient (Wildman–Crippen LogP) is 5.22. The van der Waals surface area contributed by atoms with Crippen molar-refractivity contribution in [3.8, 4) is 22.6 Å². The Kier molecular flexibility index (Phi) is 12.8.